The third-order valence-electron chi connectivity index (χ3n) is 11.4. The smallest absolute Gasteiger partial charge is 0.193 e. The third kappa shape index (κ3) is 5.60. The summed E-state index contributed by atoms with van der Waals surface area (Å²) in [5.41, 5.74) is 7.25. The molecule has 4 aromatic rings. The molecule has 2 bridgehead atoms. The number of hydrogen-bond acceptors (Lipinski definition) is 4. The second kappa shape index (κ2) is 12.0. The van der Waals surface area contributed by atoms with E-state index in [9.17, 15) is 15.0 Å². The van der Waals surface area contributed by atoms with E-state index in [1.807, 2.05) is 36.4 Å². The molecule has 0 amide bonds. The number of benzene rings is 3. The van der Waals surface area contributed by atoms with Gasteiger partial charge in [0.15, 0.2) is 5.78 Å². The number of fused-ring (bicyclic) bond motifs is 11. The van der Waals surface area contributed by atoms with Gasteiger partial charge in [-0.05, 0) is 93.0 Å². The maximum absolute atomic E-state index is 14.1. The molecule has 1 aromatic heterocycles. The van der Waals surface area contributed by atoms with E-state index in [2.05, 4.69) is 66.2 Å². The van der Waals surface area contributed by atoms with Crippen molar-refractivity contribution in [3.05, 3.63) is 118 Å². The second-order valence-electron chi connectivity index (χ2n) is 14.2. The van der Waals surface area contributed by atoms with Crippen molar-refractivity contribution in [2.75, 3.05) is 13.1 Å². The zero-order chi connectivity index (χ0) is 31.2. The minimum Gasteiger partial charge on any atom is -0.393 e. The van der Waals surface area contributed by atoms with Crippen LogP contribution in [0, 0.1) is 5.41 Å². The number of aromatic nitrogens is 1. The molecule has 1 fully saturated rings. The van der Waals surface area contributed by atoms with Crippen molar-refractivity contribution < 1.29 is 15.0 Å². The van der Waals surface area contributed by atoms with E-state index in [1.165, 1.54) is 27.7 Å². The van der Waals surface area contributed by atoms with Gasteiger partial charge >= 0.3 is 0 Å². The fourth-order valence-electron chi connectivity index (χ4n) is 8.70. The van der Waals surface area contributed by atoms with Gasteiger partial charge in [0.25, 0.3) is 0 Å². The van der Waals surface area contributed by atoms with Crippen LogP contribution in [-0.2, 0) is 19.4 Å². The van der Waals surface area contributed by atoms with E-state index in [0.29, 0.717) is 31.4 Å². The maximum Gasteiger partial charge on any atom is 0.193 e. The van der Waals surface area contributed by atoms with Crippen LogP contribution in [0.3, 0.4) is 0 Å². The van der Waals surface area contributed by atoms with Crippen molar-refractivity contribution in [1.29, 1.82) is 0 Å². The number of carbonyl (C=O) groups excluding carboxylic acids is 1. The molecule has 4 atom stereocenters. The van der Waals surface area contributed by atoms with Gasteiger partial charge < -0.3 is 15.2 Å². The summed E-state index contributed by atoms with van der Waals surface area (Å²) in [6, 6.07) is 24.4. The van der Waals surface area contributed by atoms with Gasteiger partial charge in [-0.3, -0.25) is 9.69 Å². The first kappa shape index (κ1) is 30.2. The molecule has 3 N–H and O–H groups in total. The summed E-state index contributed by atoms with van der Waals surface area (Å²) in [5.74, 6) is 0.0548. The molecule has 0 spiro atoms. The Hall–Kier alpha value is -3.51. The number of nitrogens with one attached hydrogen (secondary N) is 1. The first-order valence-corrected chi connectivity index (χ1v) is 16.8. The number of ketones is 1. The summed E-state index contributed by atoms with van der Waals surface area (Å²) >= 11 is 0. The van der Waals surface area contributed by atoms with Gasteiger partial charge in [0, 0.05) is 52.8 Å². The Morgan fingerprint density at radius 2 is 1.80 bits per heavy atom. The lowest BCUT2D eigenvalue weighted by atomic mass is 9.64. The van der Waals surface area contributed by atoms with Crippen molar-refractivity contribution in [1.82, 2.24) is 9.88 Å². The van der Waals surface area contributed by atoms with Crippen LogP contribution in [0.25, 0.3) is 10.9 Å². The van der Waals surface area contributed by atoms with Crippen LogP contribution >= 0.6 is 0 Å². The average Bonchev–Trinajstić information content (AvgIpc) is 3.53. The Labute approximate surface area is 267 Å². The lowest BCUT2D eigenvalue weighted by Gasteiger charge is -2.46. The van der Waals surface area contributed by atoms with Crippen molar-refractivity contribution in [3.8, 4) is 0 Å². The minimum absolute atomic E-state index is 0.0185. The number of β-amino-alcohol motifs (C(OH)–C–C–N with tert-alkyl or cyclic N) is 1. The number of allylic oxidation sites excluding steroid dienone is 2. The van der Waals surface area contributed by atoms with E-state index >= 15 is 0 Å². The largest absolute Gasteiger partial charge is 0.393 e. The fraction of sp³-hybridized carbons (Fsp3) is 0.425. The Balaban J connectivity index is 1.26. The molecule has 5 heteroatoms. The van der Waals surface area contributed by atoms with Crippen LogP contribution in [-0.4, -0.2) is 50.7 Å². The van der Waals surface area contributed by atoms with Gasteiger partial charge in [0.1, 0.15) is 0 Å². The molecular weight excluding hydrogens is 556 g/mol. The van der Waals surface area contributed by atoms with Crippen molar-refractivity contribution >= 4 is 16.7 Å². The van der Waals surface area contributed by atoms with Crippen LogP contribution in [0.1, 0.15) is 96.6 Å². The van der Waals surface area contributed by atoms with E-state index < -0.39 is 17.1 Å². The van der Waals surface area contributed by atoms with E-state index in [4.69, 9.17) is 0 Å². The maximum atomic E-state index is 14.1. The minimum atomic E-state index is -0.901. The summed E-state index contributed by atoms with van der Waals surface area (Å²) < 4.78 is 0. The lowest BCUT2D eigenvalue weighted by Crippen LogP contribution is -2.53. The van der Waals surface area contributed by atoms with Crippen LogP contribution < -0.4 is 0 Å². The highest BCUT2D eigenvalue weighted by molar-refractivity contribution is 6.10. The topological polar surface area (TPSA) is 76.6 Å². The van der Waals surface area contributed by atoms with Crippen LogP contribution in [0.2, 0.25) is 0 Å². The molecule has 0 unspecified atom stereocenters. The SMILES string of the molecule is CC1=CCC[C@@]2(C)[C@@H](CC[C@@]2(O)CN2CCc3c([nH]c4ccccc34)C2)c2ccc(cc2C(=O)c2ccccc2)C[C@@H](O)CC1. The highest BCUT2D eigenvalue weighted by Gasteiger charge is 2.57. The Morgan fingerprint density at radius 3 is 2.64 bits per heavy atom. The highest BCUT2D eigenvalue weighted by Crippen LogP contribution is 2.59. The van der Waals surface area contributed by atoms with Crippen LogP contribution in [0.4, 0.5) is 0 Å². The summed E-state index contributed by atoms with van der Waals surface area (Å²) in [5, 5.41) is 25.0. The molecule has 4 aliphatic rings. The Morgan fingerprint density at radius 1 is 1.00 bits per heavy atom. The molecule has 0 saturated heterocycles. The van der Waals surface area contributed by atoms with Gasteiger partial charge in [0.05, 0.1) is 11.7 Å². The number of nitrogens with zero attached hydrogens (tertiary/aromatic N) is 1. The molecule has 2 heterocycles. The van der Waals surface area contributed by atoms with Gasteiger partial charge in [-0.25, -0.2) is 0 Å². The number of H-pyrrole nitrogens is 1. The first-order valence-electron chi connectivity index (χ1n) is 16.8. The number of rotatable bonds is 4. The molecular formula is C40H46N2O3. The van der Waals surface area contributed by atoms with E-state index in [0.717, 1.165) is 61.9 Å². The number of aliphatic hydroxyl groups excluding tert-OH is 1. The average molecular weight is 603 g/mol. The monoisotopic (exact) mass is 602 g/mol. The number of carbonyl (C=O) groups is 1. The first-order chi connectivity index (χ1) is 21.7. The molecule has 234 valence electrons. The number of hydrogen-bond donors (Lipinski definition) is 3. The van der Waals surface area contributed by atoms with Crippen molar-refractivity contribution in [2.45, 2.75) is 89.4 Å². The third-order valence-corrected chi connectivity index (χ3v) is 11.4. The fourth-order valence-corrected chi connectivity index (χ4v) is 8.70. The zero-order valence-corrected chi connectivity index (χ0v) is 26.7. The lowest BCUT2D eigenvalue weighted by molar-refractivity contribution is -0.0857. The predicted octanol–water partition coefficient (Wildman–Crippen LogP) is 7.50. The van der Waals surface area contributed by atoms with Crippen molar-refractivity contribution in [2.24, 2.45) is 5.41 Å². The number of para-hydroxylation sites is 1. The molecule has 45 heavy (non-hydrogen) atoms. The molecule has 3 aliphatic carbocycles. The van der Waals surface area contributed by atoms with Gasteiger partial charge in [0.2, 0.25) is 0 Å². The Kier molecular flexibility index (Phi) is 8.05. The summed E-state index contributed by atoms with van der Waals surface area (Å²) in [4.78, 5) is 20.2. The van der Waals surface area contributed by atoms with E-state index in [-0.39, 0.29) is 11.7 Å². The normalized spacial score (nSPS) is 27.5. The number of aromatic amines is 1. The molecule has 8 rings (SSSR count). The van der Waals surface area contributed by atoms with Crippen LogP contribution in [0.5, 0.6) is 0 Å². The number of aliphatic hydroxyl groups is 2. The summed E-state index contributed by atoms with van der Waals surface area (Å²) in [6.07, 6.45) is 8.13. The standard InChI is InChI=1S/C40H46N2O3/c1-27-9-8-20-39(2)35(18-21-40(39,45)26-42-22-19-33-32-12-6-7-13-36(32)41-37(33)25-42)31-17-15-28(23-30(43)16-14-27)24-34(31)38(44)29-10-4-3-5-11-29/h3-7,9-13,15,17,24,30,35,41,43,45H,8,14,16,18-23,25-26H2,1-2H3/t30-,35-,39-,40+/m0/s1. The van der Waals surface area contributed by atoms with Gasteiger partial charge in [-0.15, -0.1) is 0 Å². The second-order valence-corrected chi connectivity index (χ2v) is 14.2. The Bertz CT molecular complexity index is 1740. The quantitative estimate of drug-likeness (QED) is 0.167. The predicted molar refractivity (Wildman–Crippen MR) is 181 cm³/mol. The molecule has 0 radical (unpaired) electrons. The molecule has 1 aliphatic heterocycles. The highest BCUT2D eigenvalue weighted by atomic mass is 16.3. The zero-order valence-electron chi connectivity index (χ0n) is 26.7. The van der Waals surface area contributed by atoms with Crippen molar-refractivity contribution in [3.63, 3.8) is 0 Å². The van der Waals surface area contributed by atoms with Crippen LogP contribution in [0.15, 0.2) is 84.4 Å². The van der Waals surface area contributed by atoms with Gasteiger partial charge in [-0.1, -0.05) is 79.2 Å². The van der Waals surface area contributed by atoms with Gasteiger partial charge in [-0.2, -0.15) is 0 Å². The summed E-state index contributed by atoms with van der Waals surface area (Å²) in [7, 11) is 0. The molecule has 3 aromatic carbocycles. The summed E-state index contributed by atoms with van der Waals surface area (Å²) in [6.45, 7) is 6.79. The van der Waals surface area contributed by atoms with E-state index in [1.54, 1.807) is 0 Å². The molecule has 1 saturated carbocycles. The molecule has 5 nitrogen and oxygen atoms in total.